The van der Waals surface area contributed by atoms with Gasteiger partial charge in [0.1, 0.15) is 0 Å². The highest BCUT2D eigenvalue weighted by molar-refractivity contribution is 6.02. The number of aliphatic imine (C=N–C) groups is 1. The minimum atomic E-state index is -0.0903. The van der Waals surface area contributed by atoms with Crippen LogP contribution in [-0.2, 0) is 5.41 Å². The molecule has 0 atom stereocenters. The minimum Gasteiger partial charge on any atom is -0.252 e. The first-order valence-corrected chi connectivity index (χ1v) is 24.1. The van der Waals surface area contributed by atoms with Crippen molar-refractivity contribution in [2.45, 2.75) is 70.1 Å². The molecular formula is C64H57N3. The summed E-state index contributed by atoms with van der Waals surface area (Å²) >= 11 is 0. The number of aromatic nitrogens is 2. The van der Waals surface area contributed by atoms with Crippen LogP contribution in [0, 0.1) is 0 Å². The van der Waals surface area contributed by atoms with Crippen molar-refractivity contribution < 1.29 is 0 Å². The molecule has 7 aromatic rings. The maximum atomic E-state index is 5.31. The predicted molar refractivity (Wildman–Crippen MR) is 283 cm³/mol. The highest BCUT2D eigenvalue weighted by Crippen LogP contribution is 2.46. The molecule has 10 rings (SSSR count). The zero-order valence-corrected chi connectivity index (χ0v) is 38.5. The van der Waals surface area contributed by atoms with Gasteiger partial charge in [0.25, 0.3) is 0 Å². The van der Waals surface area contributed by atoms with E-state index in [2.05, 4.69) is 220 Å². The topological polar surface area (TPSA) is 38.1 Å². The van der Waals surface area contributed by atoms with Crippen molar-refractivity contribution in [2.75, 3.05) is 0 Å². The Bertz CT molecular complexity index is 3080. The van der Waals surface area contributed by atoms with Crippen molar-refractivity contribution in [3.63, 3.8) is 0 Å². The Morgan fingerprint density at radius 3 is 1.94 bits per heavy atom. The molecule has 67 heavy (non-hydrogen) atoms. The second-order valence-corrected chi connectivity index (χ2v) is 18.2. The molecule has 0 unspecified atom stereocenters. The minimum absolute atomic E-state index is 0.0903. The summed E-state index contributed by atoms with van der Waals surface area (Å²) in [6.45, 7) is 6.70. The molecule has 0 N–H and O–H groups in total. The normalized spacial score (nSPS) is 16.0. The van der Waals surface area contributed by atoms with Crippen LogP contribution in [0.1, 0.15) is 104 Å². The van der Waals surface area contributed by atoms with Crippen LogP contribution < -0.4 is 0 Å². The Morgan fingerprint density at radius 2 is 1.22 bits per heavy atom. The quantitative estimate of drug-likeness (QED) is 0.0906. The fraction of sp³-hybridized carbons (Fsp3) is 0.172. The molecule has 0 radical (unpaired) electrons. The van der Waals surface area contributed by atoms with Crippen LogP contribution in [0.4, 0.5) is 0 Å². The molecule has 0 spiro atoms. The molecule has 3 nitrogen and oxygen atoms in total. The highest BCUT2D eigenvalue weighted by atomic mass is 14.9. The van der Waals surface area contributed by atoms with E-state index in [1.807, 2.05) is 0 Å². The Kier molecular flexibility index (Phi) is 12.9. The third-order valence-electron chi connectivity index (χ3n) is 13.8. The van der Waals surface area contributed by atoms with Crippen molar-refractivity contribution in [1.82, 2.24) is 9.97 Å². The Morgan fingerprint density at radius 1 is 0.567 bits per heavy atom. The molecule has 328 valence electrons. The average molecular weight is 868 g/mol. The van der Waals surface area contributed by atoms with Crippen LogP contribution in [0.3, 0.4) is 0 Å². The zero-order chi connectivity index (χ0) is 45.4. The van der Waals surface area contributed by atoms with Gasteiger partial charge >= 0.3 is 0 Å². The predicted octanol–water partition coefficient (Wildman–Crippen LogP) is 16.8. The van der Waals surface area contributed by atoms with E-state index in [0.29, 0.717) is 0 Å². The van der Waals surface area contributed by atoms with Gasteiger partial charge in [-0.1, -0.05) is 208 Å². The summed E-state index contributed by atoms with van der Waals surface area (Å²) in [5.41, 5.74) is 18.8. The summed E-state index contributed by atoms with van der Waals surface area (Å²) in [4.78, 5) is 15.7. The van der Waals surface area contributed by atoms with E-state index in [9.17, 15) is 0 Å². The Balaban J connectivity index is 0.985. The lowest BCUT2D eigenvalue weighted by molar-refractivity contribution is 0.346. The largest absolute Gasteiger partial charge is 0.252 e. The first-order valence-electron chi connectivity index (χ1n) is 24.1. The fourth-order valence-electron chi connectivity index (χ4n) is 10.1. The molecule has 6 aromatic carbocycles. The van der Waals surface area contributed by atoms with Gasteiger partial charge in [0.15, 0.2) is 5.82 Å². The smallest absolute Gasteiger partial charge is 0.160 e. The number of hydrogen-bond donors (Lipinski definition) is 0. The van der Waals surface area contributed by atoms with Gasteiger partial charge in [-0.25, -0.2) is 9.97 Å². The van der Waals surface area contributed by atoms with Crippen molar-refractivity contribution in [2.24, 2.45) is 4.99 Å². The molecule has 1 saturated carbocycles. The Hall–Kier alpha value is -7.49. The van der Waals surface area contributed by atoms with Gasteiger partial charge in [-0.15, -0.1) is 0 Å². The molecule has 1 fully saturated rings. The summed E-state index contributed by atoms with van der Waals surface area (Å²) in [5.74, 6) is 0.769. The zero-order valence-electron chi connectivity index (χ0n) is 38.5. The van der Waals surface area contributed by atoms with E-state index in [0.717, 1.165) is 106 Å². The summed E-state index contributed by atoms with van der Waals surface area (Å²) in [5, 5.41) is 0. The van der Waals surface area contributed by atoms with Crippen molar-refractivity contribution in [3.05, 3.63) is 252 Å². The third kappa shape index (κ3) is 9.74. The van der Waals surface area contributed by atoms with E-state index in [4.69, 9.17) is 15.0 Å². The van der Waals surface area contributed by atoms with Gasteiger partial charge in [0.2, 0.25) is 0 Å². The number of rotatable bonds is 12. The van der Waals surface area contributed by atoms with Crippen LogP contribution in [0.25, 0.3) is 56.1 Å². The lowest BCUT2D eigenvalue weighted by atomic mass is 9.65. The van der Waals surface area contributed by atoms with Crippen LogP contribution in [0.5, 0.6) is 0 Å². The summed E-state index contributed by atoms with van der Waals surface area (Å²) in [7, 11) is 0. The summed E-state index contributed by atoms with van der Waals surface area (Å²) in [6.07, 6.45) is 25.5. The summed E-state index contributed by atoms with van der Waals surface area (Å²) < 4.78 is 0. The SMILES string of the molecule is C=C(/C=C(\N=C(C)c1ccccc1)c1ccc(C2(c3ccc(-c4cc(-c5cccc(-c6ccccc6)c5)nc(C5=CCCC=C5)n4)cc3)CCCCC2)cc1)c1cccc(C2=CC=CCC2)c1. The highest BCUT2D eigenvalue weighted by Gasteiger charge is 2.36. The fourth-order valence-corrected chi connectivity index (χ4v) is 10.1. The van der Waals surface area contributed by atoms with Gasteiger partial charge < -0.3 is 0 Å². The third-order valence-corrected chi connectivity index (χ3v) is 13.8. The van der Waals surface area contributed by atoms with Gasteiger partial charge in [-0.05, 0) is 120 Å². The van der Waals surface area contributed by atoms with Crippen molar-refractivity contribution in [1.29, 1.82) is 0 Å². The van der Waals surface area contributed by atoms with E-state index < -0.39 is 0 Å². The molecule has 3 aliphatic rings. The van der Waals surface area contributed by atoms with Gasteiger partial charge in [0, 0.05) is 33.4 Å². The number of allylic oxidation sites excluding steroid dienone is 10. The molecule has 3 aliphatic carbocycles. The second-order valence-electron chi connectivity index (χ2n) is 18.2. The molecule has 0 saturated heterocycles. The van der Waals surface area contributed by atoms with E-state index >= 15 is 0 Å². The molecular weight excluding hydrogens is 811 g/mol. The van der Waals surface area contributed by atoms with Crippen LogP contribution >= 0.6 is 0 Å². The monoisotopic (exact) mass is 867 g/mol. The van der Waals surface area contributed by atoms with E-state index in [1.54, 1.807) is 0 Å². The van der Waals surface area contributed by atoms with Crippen LogP contribution in [0.2, 0.25) is 0 Å². The molecule has 0 amide bonds. The number of benzene rings is 6. The van der Waals surface area contributed by atoms with Crippen molar-refractivity contribution >= 4 is 28.1 Å². The maximum absolute atomic E-state index is 5.31. The standard InChI is InChI=1S/C64H57N3/c1-46(54-28-18-29-55(43-54)49-22-10-4-11-23-49)42-60(65-47(2)48-20-8-3-9-21-48)51-32-36-58(37-33-51)64(40-16-7-17-41-64)59-38-34-52(35-39-59)61-45-62(67-63(66-61)53-26-14-6-15-27-53)57-31-19-30-56(44-57)50-24-12-5-13-25-50/h3-5,8-10,12-14,18-22,24-39,42-45H,1,6-7,11,15-17,23,40-41H2,2H3/b60-42-,65-47?. The molecule has 3 heteroatoms. The molecule has 0 aliphatic heterocycles. The van der Waals surface area contributed by atoms with E-state index in [-0.39, 0.29) is 5.41 Å². The van der Waals surface area contributed by atoms with Crippen LogP contribution in [-0.4, -0.2) is 15.7 Å². The first kappa shape index (κ1) is 43.4. The van der Waals surface area contributed by atoms with Gasteiger partial charge in [0.05, 0.1) is 17.1 Å². The summed E-state index contributed by atoms with van der Waals surface area (Å²) in [6, 6.07) is 59.2. The lowest BCUT2D eigenvalue weighted by Crippen LogP contribution is -2.30. The second kappa shape index (κ2) is 19.9. The van der Waals surface area contributed by atoms with Crippen molar-refractivity contribution in [3.8, 4) is 33.6 Å². The molecule has 1 heterocycles. The average Bonchev–Trinajstić information content (AvgIpc) is 3.42. The molecule has 0 bridgehead atoms. The van der Waals surface area contributed by atoms with Gasteiger partial charge in [-0.3, -0.25) is 4.99 Å². The molecule has 1 aromatic heterocycles. The Labute approximate surface area is 397 Å². The van der Waals surface area contributed by atoms with Gasteiger partial charge in [-0.2, -0.15) is 0 Å². The lowest BCUT2D eigenvalue weighted by Gasteiger charge is -2.39. The number of hydrogen-bond acceptors (Lipinski definition) is 3. The number of nitrogens with zero attached hydrogens (tertiary/aromatic N) is 3. The first-order chi connectivity index (χ1) is 33.0. The maximum Gasteiger partial charge on any atom is 0.160 e. The van der Waals surface area contributed by atoms with Crippen LogP contribution in [0.15, 0.2) is 218 Å². The van der Waals surface area contributed by atoms with E-state index in [1.165, 1.54) is 52.7 Å².